The van der Waals surface area contributed by atoms with Crippen LogP contribution >= 0.6 is 0 Å². The average molecular weight is 386 g/mol. The number of nitro groups is 1. The van der Waals surface area contributed by atoms with Crippen LogP contribution in [-0.4, -0.2) is 58.6 Å². The predicted octanol–water partition coefficient (Wildman–Crippen LogP) is 0.0735. The fourth-order valence-electron chi connectivity index (χ4n) is 3.15. The van der Waals surface area contributed by atoms with Gasteiger partial charge >= 0.3 is 5.97 Å². The number of hydrogen-bond acceptors (Lipinski definition) is 6. The summed E-state index contributed by atoms with van der Waals surface area (Å²) in [6, 6.07) is -0.614. The monoisotopic (exact) mass is 386 g/mol. The zero-order valence-corrected chi connectivity index (χ0v) is 15.5. The van der Waals surface area contributed by atoms with E-state index in [1.165, 1.54) is 0 Å². The zero-order valence-electron chi connectivity index (χ0n) is 15.5. The molecule has 1 rings (SSSR count). The van der Waals surface area contributed by atoms with Crippen molar-refractivity contribution in [3.63, 3.8) is 0 Å². The van der Waals surface area contributed by atoms with Crippen LogP contribution in [0.25, 0.3) is 0 Å². The number of carbonyl (C=O) groups is 2. The molecule has 6 N–H and O–H groups in total. The average Bonchev–Trinajstić information content (AvgIpc) is 2.61. The van der Waals surface area contributed by atoms with E-state index in [0.29, 0.717) is 38.3 Å². The molecular formula is C16H30N6O5. The zero-order chi connectivity index (χ0) is 20.2. The highest BCUT2D eigenvalue weighted by Gasteiger charge is 2.25. The van der Waals surface area contributed by atoms with E-state index in [9.17, 15) is 19.7 Å². The Morgan fingerprint density at radius 2 is 1.96 bits per heavy atom. The maximum Gasteiger partial charge on any atom is 0.303 e. The van der Waals surface area contributed by atoms with Crippen LogP contribution in [-0.2, 0) is 9.59 Å². The summed E-state index contributed by atoms with van der Waals surface area (Å²) >= 11 is 0. The summed E-state index contributed by atoms with van der Waals surface area (Å²) in [7, 11) is 0. The van der Waals surface area contributed by atoms with Crippen LogP contribution in [0.2, 0.25) is 0 Å². The van der Waals surface area contributed by atoms with Gasteiger partial charge in [-0.05, 0) is 38.0 Å². The number of carboxylic acid groups (broad SMARTS) is 1. The molecule has 0 saturated carbocycles. The van der Waals surface area contributed by atoms with Crippen LogP contribution in [0.4, 0.5) is 0 Å². The van der Waals surface area contributed by atoms with Gasteiger partial charge in [-0.25, -0.2) is 15.1 Å². The number of nitrogens with zero attached hydrogens (tertiary/aromatic N) is 3. The molecule has 0 spiro atoms. The molecule has 0 aromatic carbocycles. The third-order valence-electron chi connectivity index (χ3n) is 4.66. The molecule has 0 radical (unpaired) electrons. The number of hydrazine groups is 1. The Morgan fingerprint density at radius 1 is 1.30 bits per heavy atom. The van der Waals surface area contributed by atoms with Crippen molar-refractivity contribution in [2.75, 3.05) is 19.6 Å². The molecule has 0 aliphatic carbocycles. The highest BCUT2D eigenvalue weighted by atomic mass is 16.7. The van der Waals surface area contributed by atoms with E-state index in [0.717, 1.165) is 25.7 Å². The molecule has 1 fully saturated rings. The largest absolute Gasteiger partial charge is 0.481 e. The minimum atomic E-state index is -0.788. The molecule has 0 aromatic rings. The van der Waals surface area contributed by atoms with Gasteiger partial charge in [0.2, 0.25) is 5.91 Å². The second kappa shape index (κ2) is 12.0. The van der Waals surface area contributed by atoms with Gasteiger partial charge in [-0.3, -0.25) is 9.59 Å². The Kier molecular flexibility index (Phi) is 10.1. The molecule has 11 nitrogen and oxygen atoms in total. The number of rotatable bonds is 11. The first-order valence-electron chi connectivity index (χ1n) is 9.26. The molecule has 0 aromatic heterocycles. The topological polar surface area (TPSA) is 177 Å². The number of piperidine rings is 1. The minimum absolute atomic E-state index is 0.0836. The first kappa shape index (κ1) is 22.6. The summed E-state index contributed by atoms with van der Waals surface area (Å²) in [5.74, 6) is -0.581. The lowest BCUT2D eigenvalue weighted by molar-refractivity contribution is -0.525. The lowest BCUT2D eigenvalue weighted by Crippen LogP contribution is -2.47. The molecule has 0 unspecified atom stereocenters. The number of carbonyl (C=O) groups excluding carboxylic acids is 1. The number of hydrogen-bond donors (Lipinski definition) is 4. The Morgan fingerprint density at radius 3 is 2.56 bits per heavy atom. The third kappa shape index (κ3) is 9.73. The molecule has 1 aliphatic rings. The summed E-state index contributed by atoms with van der Waals surface area (Å²) in [6.07, 6.45) is 5.58. The second-order valence-electron chi connectivity index (χ2n) is 6.79. The summed E-state index contributed by atoms with van der Waals surface area (Å²) in [5.41, 5.74) is 13.0. The van der Waals surface area contributed by atoms with Gasteiger partial charge in [0.1, 0.15) is 0 Å². The van der Waals surface area contributed by atoms with Crippen LogP contribution in [0.15, 0.2) is 4.99 Å². The number of unbranched alkanes of at least 4 members (excludes halogenated alkanes) is 1. The highest BCUT2D eigenvalue weighted by molar-refractivity contribution is 5.81. The molecule has 1 saturated heterocycles. The molecule has 11 heteroatoms. The van der Waals surface area contributed by atoms with Crippen LogP contribution in [0, 0.1) is 16.0 Å². The molecule has 0 bridgehead atoms. The van der Waals surface area contributed by atoms with Gasteiger partial charge in [0.25, 0.3) is 5.96 Å². The Balaban J connectivity index is 2.21. The van der Waals surface area contributed by atoms with Crippen LogP contribution in [0.5, 0.6) is 0 Å². The van der Waals surface area contributed by atoms with E-state index in [1.807, 2.05) is 0 Å². The van der Waals surface area contributed by atoms with Crippen molar-refractivity contribution in [1.82, 2.24) is 10.3 Å². The third-order valence-corrected chi connectivity index (χ3v) is 4.66. The number of guanidine groups is 1. The van der Waals surface area contributed by atoms with Gasteiger partial charge in [-0.15, -0.1) is 0 Å². The summed E-state index contributed by atoms with van der Waals surface area (Å²) < 4.78 is 0. The first-order valence-corrected chi connectivity index (χ1v) is 9.26. The van der Waals surface area contributed by atoms with E-state index in [2.05, 4.69) is 4.99 Å². The fourth-order valence-corrected chi connectivity index (χ4v) is 3.15. The molecule has 154 valence electrons. The molecule has 1 amide bonds. The highest BCUT2D eigenvalue weighted by Crippen LogP contribution is 2.23. The van der Waals surface area contributed by atoms with Gasteiger partial charge in [0.05, 0.1) is 6.04 Å². The minimum Gasteiger partial charge on any atom is -0.481 e. The Bertz CT molecular complexity index is 533. The number of amides is 1. The van der Waals surface area contributed by atoms with Gasteiger partial charge < -0.3 is 21.5 Å². The molecule has 1 aliphatic heterocycles. The summed E-state index contributed by atoms with van der Waals surface area (Å²) in [5, 5.41) is 18.0. The summed E-state index contributed by atoms with van der Waals surface area (Å²) in [6.45, 7) is 1.61. The number of carboxylic acids is 1. The smallest absolute Gasteiger partial charge is 0.303 e. The van der Waals surface area contributed by atoms with Gasteiger partial charge in [0, 0.05) is 26.1 Å². The number of aliphatic imine (C=N–C) groups is 1. The van der Waals surface area contributed by atoms with Crippen molar-refractivity contribution >= 4 is 17.8 Å². The molecule has 1 atom stereocenters. The van der Waals surface area contributed by atoms with Crippen LogP contribution in [0.3, 0.4) is 0 Å². The van der Waals surface area contributed by atoms with Crippen molar-refractivity contribution < 1.29 is 19.7 Å². The maximum atomic E-state index is 12.4. The first-order chi connectivity index (χ1) is 12.8. The van der Waals surface area contributed by atoms with Crippen LogP contribution < -0.4 is 16.9 Å². The normalized spacial score (nSPS) is 16.8. The van der Waals surface area contributed by atoms with Crippen molar-refractivity contribution in [2.24, 2.45) is 22.4 Å². The molecule has 27 heavy (non-hydrogen) atoms. The molecular weight excluding hydrogens is 356 g/mol. The van der Waals surface area contributed by atoms with Gasteiger partial charge in [0.15, 0.2) is 5.03 Å². The van der Waals surface area contributed by atoms with Gasteiger partial charge in [-0.1, -0.05) is 18.3 Å². The number of nitrogens with one attached hydrogen (secondary N) is 1. The van der Waals surface area contributed by atoms with Gasteiger partial charge in [-0.2, -0.15) is 0 Å². The lowest BCUT2D eigenvalue weighted by atomic mass is 9.91. The number of aliphatic carboxylic acids is 1. The molecule has 1 heterocycles. The maximum absolute atomic E-state index is 12.4. The quantitative estimate of drug-likeness (QED) is 0.127. The fraction of sp³-hybridized carbons (Fsp3) is 0.812. The predicted molar refractivity (Wildman–Crippen MR) is 99.2 cm³/mol. The van der Waals surface area contributed by atoms with Crippen molar-refractivity contribution in [1.29, 1.82) is 0 Å². The van der Waals surface area contributed by atoms with E-state index >= 15 is 0 Å². The number of likely N-dealkylation sites (tertiary alicyclic amines) is 1. The van der Waals surface area contributed by atoms with Crippen molar-refractivity contribution in [3.8, 4) is 0 Å². The van der Waals surface area contributed by atoms with E-state index < -0.39 is 17.0 Å². The lowest BCUT2D eigenvalue weighted by Gasteiger charge is -2.33. The van der Waals surface area contributed by atoms with Crippen molar-refractivity contribution in [3.05, 3.63) is 10.1 Å². The standard InChI is InChI=1S/C16H30N6O5/c17-13(5-3-9-19-16(18)20-22(26)27)15(25)21-10-7-12(8-11-21)4-1-2-6-14(23)24/h12-13H,1-11,17H2,(H,23,24)(H3,18,19,20)/t13-/m0/s1. The van der Waals surface area contributed by atoms with E-state index in [-0.39, 0.29) is 24.8 Å². The Labute approximate surface area is 158 Å². The van der Waals surface area contributed by atoms with Crippen molar-refractivity contribution in [2.45, 2.75) is 57.4 Å². The summed E-state index contributed by atoms with van der Waals surface area (Å²) in [4.78, 5) is 38.6. The second-order valence-corrected chi connectivity index (χ2v) is 6.79. The van der Waals surface area contributed by atoms with E-state index in [1.54, 1.807) is 10.3 Å². The number of nitrogens with two attached hydrogens (primary N) is 2. The van der Waals surface area contributed by atoms with Crippen LogP contribution in [0.1, 0.15) is 51.4 Å². The Hall–Kier alpha value is -2.43. The SMILES string of the molecule is NC(=NCCC[C@H](N)C(=O)N1CCC(CCCCC(=O)O)CC1)N[N+](=O)[O-]. The van der Waals surface area contributed by atoms with E-state index in [4.69, 9.17) is 16.6 Å².